The lowest BCUT2D eigenvalue weighted by Gasteiger charge is -2.20. The molecule has 1 nitrogen and oxygen atoms in total. The minimum atomic E-state index is -2.13. The lowest BCUT2D eigenvalue weighted by atomic mass is 9.86. The summed E-state index contributed by atoms with van der Waals surface area (Å²) in [6.45, 7) is -0.479. The molecule has 1 heteroatoms. The molecule has 0 heterocycles. The quantitative estimate of drug-likeness (QED) is 0.665. The Morgan fingerprint density at radius 1 is 1.46 bits per heavy atom. The first kappa shape index (κ1) is 8.05. The molecule has 76 valence electrons. The zero-order valence-corrected chi connectivity index (χ0v) is 8.55. The second-order valence-electron chi connectivity index (χ2n) is 4.08. The van der Waals surface area contributed by atoms with Gasteiger partial charge in [-0.15, -0.1) is 0 Å². The summed E-state index contributed by atoms with van der Waals surface area (Å²) in [6, 6.07) is 0. The Balaban J connectivity index is 2.25. The summed E-state index contributed by atoms with van der Waals surface area (Å²) in [6.07, 6.45) is 10.6. The van der Waals surface area contributed by atoms with Crippen molar-refractivity contribution in [2.24, 2.45) is 5.92 Å². The zero-order chi connectivity index (χ0) is 11.3. The van der Waals surface area contributed by atoms with Gasteiger partial charge in [0.25, 0.3) is 0 Å². The molecule has 0 radical (unpaired) electrons. The lowest BCUT2D eigenvalue weighted by molar-refractivity contribution is 0.327. The highest BCUT2D eigenvalue weighted by Crippen LogP contribution is 2.27. The second-order valence-corrected chi connectivity index (χ2v) is 4.08. The van der Waals surface area contributed by atoms with Crippen molar-refractivity contribution in [3.63, 3.8) is 0 Å². The molecule has 0 aliphatic heterocycles. The predicted octanol–water partition coefficient (Wildman–Crippen LogP) is 3.29. The molecule has 1 rings (SSSR count). The Morgan fingerprint density at radius 3 is 2.77 bits per heavy atom. The van der Waals surface area contributed by atoms with Crippen LogP contribution in [0.4, 0.5) is 0 Å². The first-order chi connectivity index (χ1) is 7.00. The molecule has 0 aromatic heterocycles. The average Bonchev–Trinajstić information content (AvgIpc) is 2.18. The summed E-state index contributed by atoms with van der Waals surface area (Å²) < 4.78 is 14.2. The van der Waals surface area contributed by atoms with E-state index in [9.17, 15) is 0 Å². The van der Waals surface area contributed by atoms with Gasteiger partial charge in [-0.3, -0.25) is 0 Å². The molecule has 0 amide bonds. The molecule has 0 bridgehead atoms. The molecular weight excluding hydrogens is 160 g/mol. The minimum Gasteiger partial charge on any atom is -0.392 e. The van der Waals surface area contributed by atoms with Gasteiger partial charge < -0.3 is 5.11 Å². The number of allylic oxidation sites excluding steroid dienone is 1. The average molecular weight is 184 g/mol. The summed E-state index contributed by atoms with van der Waals surface area (Å²) in [5.74, 6) is 0.826. The third kappa shape index (κ3) is 4.47. The van der Waals surface area contributed by atoms with E-state index in [1.165, 1.54) is 32.1 Å². The molecule has 0 aromatic carbocycles. The first-order valence-corrected chi connectivity index (χ1v) is 5.40. The Labute approximate surface area is 84.7 Å². The van der Waals surface area contributed by atoms with E-state index in [0.29, 0.717) is 5.57 Å². The van der Waals surface area contributed by atoms with Crippen molar-refractivity contribution in [1.82, 2.24) is 0 Å². The number of hydrogen-bond donors (Lipinski definition) is 1. The van der Waals surface area contributed by atoms with Gasteiger partial charge in [0, 0.05) is 0 Å². The standard InChI is InChI=1S/C12H22O/c1-11(10-13)6-5-9-12-7-3-2-4-8-12/h6,12-13H,2-5,7-10H2,1H3/b11-6+/i10D2. The normalized spacial score (nSPS) is 24.0. The highest BCUT2D eigenvalue weighted by atomic mass is 16.3. The fourth-order valence-electron chi connectivity index (χ4n) is 2.06. The van der Waals surface area contributed by atoms with Gasteiger partial charge in [-0.05, 0) is 25.7 Å². The van der Waals surface area contributed by atoms with Crippen molar-refractivity contribution >= 4 is 0 Å². The van der Waals surface area contributed by atoms with E-state index < -0.39 is 6.56 Å². The molecule has 0 atom stereocenters. The molecule has 13 heavy (non-hydrogen) atoms. The number of hydrogen-bond acceptors (Lipinski definition) is 1. The Bertz CT molecular complexity index is 212. The van der Waals surface area contributed by atoms with Gasteiger partial charge in [0.2, 0.25) is 0 Å². The molecule has 1 aliphatic carbocycles. The summed E-state index contributed by atoms with van der Waals surface area (Å²) in [7, 11) is 0. The van der Waals surface area contributed by atoms with Crippen molar-refractivity contribution in [3.8, 4) is 0 Å². The van der Waals surface area contributed by atoms with Crippen LogP contribution in [0.5, 0.6) is 0 Å². The van der Waals surface area contributed by atoms with Crippen molar-refractivity contribution < 1.29 is 7.85 Å². The van der Waals surface area contributed by atoms with E-state index in [0.717, 1.165) is 18.8 Å². The van der Waals surface area contributed by atoms with Crippen LogP contribution >= 0.6 is 0 Å². The van der Waals surface area contributed by atoms with Crippen molar-refractivity contribution in [2.75, 3.05) is 6.56 Å². The summed E-state index contributed by atoms with van der Waals surface area (Å²) in [5.41, 5.74) is 0.443. The largest absolute Gasteiger partial charge is 0.392 e. The van der Waals surface area contributed by atoms with Crippen LogP contribution in [0.25, 0.3) is 0 Å². The van der Waals surface area contributed by atoms with Crippen LogP contribution in [-0.4, -0.2) is 11.7 Å². The minimum absolute atomic E-state index is 0.443. The summed E-state index contributed by atoms with van der Waals surface area (Å²) in [5, 5.41) is 9.09. The lowest BCUT2D eigenvalue weighted by Crippen LogP contribution is -2.05. The highest BCUT2D eigenvalue weighted by molar-refractivity contribution is 4.97. The number of aliphatic hydroxyl groups is 1. The highest BCUT2D eigenvalue weighted by Gasteiger charge is 2.11. The van der Waals surface area contributed by atoms with Crippen LogP contribution in [0, 0.1) is 5.92 Å². The Hall–Kier alpha value is -0.300. The van der Waals surface area contributed by atoms with E-state index >= 15 is 0 Å². The molecule has 1 aliphatic rings. The summed E-state index contributed by atoms with van der Waals surface area (Å²) >= 11 is 0. The first-order valence-electron chi connectivity index (χ1n) is 6.40. The van der Waals surface area contributed by atoms with E-state index in [1.54, 1.807) is 6.92 Å². The molecule has 1 N–H and O–H groups in total. The van der Waals surface area contributed by atoms with E-state index in [-0.39, 0.29) is 0 Å². The zero-order valence-electron chi connectivity index (χ0n) is 10.6. The smallest absolute Gasteiger partial charge is 0.0639 e. The van der Waals surface area contributed by atoms with Gasteiger partial charge in [0.15, 0.2) is 0 Å². The van der Waals surface area contributed by atoms with E-state index in [4.69, 9.17) is 7.85 Å². The second kappa shape index (κ2) is 6.20. The van der Waals surface area contributed by atoms with Crippen LogP contribution in [0.2, 0.25) is 0 Å². The Kier molecular flexibility index (Phi) is 3.84. The number of rotatable bonds is 4. The van der Waals surface area contributed by atoms with Crippen LogP contribution in [-0.2, 0) is 0 Å². The molecule has 0 saturated heterocycles. The third-order valence-corrected chi connectivity index (χ3v) is 2.93. The molecular formula is C12H22O. The van der Waals surface area contributed by atoms with Crippen LogP contribution < -0.4 is 0 Å². The van der Waals surface area contributed by atoms with Crippen LogP contribution in [0.15, 0.2) is 11.6 Å². The molecule has 0 spiro atoms. The van der Waals surface area contributed by atoms with Gasteiger partial charge in [0.05, 0.1) is 9.30 Å². The Morgan fingerprint density at radius 2 is 2.15 bits per heavy atom. The van der Waals surface area contributed by atoms with Crippen molar-refractivity contribution in [2.45, 2.75) is 51.9 Å². The van der Waals surface area contributed by atoms with Crippen LogP contribution in [0.1, 0.15) is 54.6 Å². The summed E-state index contributed by atoms with van der Waals surface area (Å²) in [4.78, 5) is 0. The van der Waals surface area contributed by atoms with Gasteiger partial charge in [0.1, 0.15) is 0 Å². The van der Waals surface area contributed by atoms with E-state index in [1.807, 2.05) is 6.08 Å². The van der Waals surface area contributed by atoms with Gasteiger partial charge in [-0.25, -0.2) is 0 Å². The van der Waals surface area contributed by atoms with Gasteiger partial charge >= 0.3 is 0 Å². The fraction of sp³-hybridized carbons (Fsp3) is 0.833. The van der Waals surface area contributed by atoms with E-state index in [2.05, 4.69) is 0 Å². The molecule has 1 fully saturated rings. The molecule has 0 aromatic rings. The third-order valence-electron chi connectivity index (χ3n) is 2.93. The van der Waals surface area contributed by atoms with Crippen molar-refractivity contribution in [1.29, 1.82) is 0 Å². The molecule has 0 unspecified atom stereocenters. The van der Waals surface area contributed by atoms with Crippen LogP contribution in [0.3, 0.4) is 0 Å². The van der Waals surface area contributed by atoms with Gasteiger partial charge in [-0.1, -0.05) is 43.8 Å². The maximum Gasteiger partial charge on any atom is 0.0639 e. The maximum atomic E-state index is 9.09. The maximum absolute atomic E-state index is 9.09. The fourth-order valence-corrected chi connectivity index (χ4v) is 2.06. The topological polar surface area (TPSA) is 20.2 Å². The van der Waals surface area contributed by atoms with Gasteiger partial charge in [-0.2, -0.15) is 0 Å². The van der Waals surface area contributed by atoms with Crippen molar-refractivity contribution in [3.05, 3.63) is 11.6 Å². The monoisotopic (exact) mass is 184 g/mol. The predicted molar refractivity (Wildman–Crippen MR) is 56.7 cm³/mol. The molecule has 1 saturated carbocycles. The SMILES string of the molecule is [2H]C([2H])(O)/C(C)=C/CCC1CCCCC1.